The van der Waals surface area contributed by atoms with Gasteiger partial charge < -0.3 is 14.2 Å². The van der Waals surface area contributed by atoms with Crippen LogP contribution in [0.5, 0.6) is 17.2 Å². The van der Waals surface area contributed by atoms with Crippen molar-refractivity contribution in [2.45, 2.75) is 6.23 Å². The Morgan fingerprint density at radius 2 is 1.63 bits per heavy atom. The molecule has 0 amide bonds. The van der Waals surface area contributed by atoms with E-state index in [1.807, 2.05) is 42.5 Å². The van der Waals surface area contributed by atoms with Crippen molar-refractivity contribution in [2.24, 2.45) is 5.73 Å². The molecule has 0 aliphatic heterocycles. The molecule has 1 unspecified atom stereocenters. The van der Waals surface area contributed by atoms with Crippen LogP contribution in [0.25, 0.3) is 0 Å². The fraction of sp³-hybridized carbons (Fsp3) is 0.200. The van der Waals surface area contributed by atoms with E-state index in [2.05, 4.69) is 0 Å². The first kappa shape index (κ1) is 13.2. The molecule has 1 atom stereocenters. The Morgan fingerprint density at radius 3 is 2.26 bits per heavy atom. The third-order valence-electron chi connectivity index (χ3n) is 2.75. The largest absolute Gasteiger partial charge is 0.497 e. The van der Waals surface area contributed by atoms with Crippen molar-refractivity contribution in [1.29, 1.82) is 0 Å². The fourth-order valence-electron chi connectivity index (χ4n) is 1.76. The lowest BCUT2D eigenvalue weighted by Gasteiger charge is -2.18. The van der Waals surface area contributed by atoms with Crippen LogP contribution < -0.4 is 19.9 Å². The van der Waals surface area contributed by atoms with E-state index in [0.717, 1.165) is 5.56 Å². The average Bonchev–Trinajstić information content (AvgIpc) is 2.47. The van der Waals surface area contributed by atoms with Gasteiger partial charge in [0.05, 0.1) is 14.2 Å². The van der Waals surface area contributed by atoms with Crippen molar-refractivity contribution in [3.8, 4) is 17.2 Å². The molecule has 2 N–H and O–H groups in total. The minimum Gasteiger partial charge on any atom is -0.497 e. The van der Waals surface area contributed by atoms with Gasteiger partial charge in [-0.3, -0.25) is 5.73 Å². The van der Waals surface area contributed by atoms with Gasteiger partial charge in [-0.15, -0.1) is 0 Å². The molecule has 0 aliphatic rings. The predicted octanol–water partition coefficient (Wildman–Crippen LogP) is 2.74. The van der Waals surface area contributed by atoms with Gasteiger partial charge in [0.2, 0.25) is 0 Å². The summed E-state index contributed by atoms with van der Waals surface area (Å²) in [5.41, 5.74) is 6.82. The smallest absolute Gasteiger partial charge is 0.177 e. The van der Waals surface area contributed by atoms with Gasteiger partial charge >= 0.3 is 0 Å². The van der Waals surface area contributed by atoms with Gasteiger partial charge in [0.15, 0.2) is 6.23 Å². The van der Waals surface area contributed by atoms with Crippen molar-refractivity contribution in [3.05, 3.63) is 54.1 Å². The van der Waals surface area contributed by atoms with Crippen LogP contribution in [-0.2, 0) is 0 Å². The molecule has 0 bridgehead atoms. The first-order valence-electron chi connectivity index (χ1n) is 5.94. The highest BCUT2D eigenvalue weighted by molar-refractivity contribution is 5.42. The summed E-state index contributed by atoms with van der Waals surface area (Å²) in [4.78, 5) is 0. The molecule has 19 heavy (non-hydrogen) atoms. The van der Waals surface area contributed by atoms with E-state index < -0.39 is 6.23 Å². The molecule has 4 heteroatoms. The summed E-state index contributed by atoms with van der Waals surface area (Å²) in [6, 6.07) is 14.9. The van der Waals surface area contributed by atoms with E-state index >= 15 is 0 Å². The fourth-order valence-corrected chi connectivity index (χ4v) is 1.76. The highest BCUT2D eigenvalue weighted by atomic mass is 16.5. The number of hydrogen-bond donors (Lipinski definition) is 1. The Morgan fingerprint density at radius 1 is 0.895 bits per heavy atom. The predicted molar refractivity (Wildman–Crippen MR) is 73.5 cm³/mol. The molecular weight excluding hydrogens is 242 g/mol. The summed E-state index contributed by atoms with van der Waals surface area (Å²) in [6.45, 7) is 0. The van der Waals surface area contributed by atoms with Crippen molar-refractivity contribution in [2.75, 3.05) is 14.2 Å². The van der Waals surface area contributed by atoms with Crippen LogP contribution in [0.1, 0.15) is 11.8 Å². The SMILES string of the molecule is COc1ccc(C(N)Oc2ccccc2)c(OC)c1. The molecule has 2 aromatic carbocycles. The van der Waals surface area contributed by atoms with Crippen LogP contribution in [0.3, 0.4) is 0 Å². The van der Waals surface area contributed by atoms with E-state index in [9.17, 15) is 0 Å². The number of nitrogens with two attached hydrogens (primary N) is 1. The molecule has 0 spiro atoms. The van der Waals surface area contributed by atoms with Gasteiger partial charge in [0.25, 0.3) is 0 Å². The second-order valence-electron chi connectivity index (χ2n) is 3.96. The van der Waals surface area contributed by atoms with Crippen molar-refractivity contribution >= 4 is 0 Å². The number of benzene rings is 2. The normalized spacial score (nSPS) is 11.7. The molecule has 0 aliphatic carbocycles. The van der Waals surface area contributed by atoms with Crippen LogP contribution in [0.4, 0.5) is 0 Å². The molecule has 4 nitrogen and oxygen atoms in total. The maximum atomic E-state index is 6.05. The molecule has 0 saturated heterocycles. The summed E-state index contributed by atoms with van der Waals surface area (Å²) in [7, 11) is 3.20. The summed E-state index contributed by atoms with van der Waals surface area (Å²) in [5.74, 6) is 2.07. The summed E-state index contributed by atoms with van der Waals surface area (Å²) < 4.78 is 16.1. The summed E-state index contributed by atoms with van der Waals surface area (Å²) in [5, 5.41) is 0. The quantitative estimate of drug-likeness (QED) is 0.839. The third kappa shape index (κ3) is 3.17. The summed E-state index contributed by atoms with van der Waals surface area (Å²) in [6.07, 6.45) is -0.594. The van der Waals surface area contributed by atoms with Gasteiger partial charge in [0.1, 0.15) is 17.2 Å². The Kier molecular flexibility index (Phi) is 4.26. The molecule has 100 valence electrons. The van der Waals surface area contributed by atoms with Crippen molar-refractivity contribution in [1.82, 2.24) is 0 Å². The minimum atomic E-state index is -0.594. The van der Waals surface area contributed by atoms with Crippen molar-refractivity contribution < 1.29 is 14.2 Å². The molecule has 0 aromatic heterocycles. The molecule has 2 rings (SSSR count). The number of hydrogen-bond acceptors (Lipinski definition) is 4. The monoisotopic (exact) mass is 259 g/mol. The third-order valence-corrected chi connectivity index (χ3v) is 2.75. The van der Waals surface area contributed by atoms with Gasteiger partial charge in [-0.05, 0) is 24.3 Å². The maximum absolute atomic E-state index is 6.05. The summed E-state index contributed by atoms with van der Waals surface area (Å²) >= 11 is 0. The molecule has 0 saturated carbocycles. The van der Waals surface area contributed by atoms with E-state index in [4.69, 9.17) is 19.9 Å². The number of methoxy groups -OCH3 is 2. The Bertz CT molecular complexity index is 528. The lowest BCUT2D eigenvalue weighted by Crippen LogP contribution is -2.18. The van der Waals surface area contributed by atoms with Crippen LogP contribution in [0.15, 0.2) is 48.5 Å². The van der Waals surface area contributed by atoms with Gasteiger partial charge in [-0.1, -0.05) is 18.2 Å². The second kappa shape index (κ2) is 6.11. The Balaban J connectivity index is 2.21. The zero-order chi connectivity index (χ0) is 13.7. The first-order valence-corrected chi connectivity index (χ1v) is 5.94. The zero-order valence-corrected chi connectivity index (χ0v) is 11.0. The minimum absolute atomic E-state index is 0.594. The van der Waals surface area contributed by atoms with Crippen LogP contribution in [0, 0.1) is 0 Å². The van der Waals surface area contributed by atoms with E-state index in [-0.39, 0.29) is 0 Å². The van der Waals surface area contributed by atoms with Crippen molar-refractivity contribution in [3.63, 3.8) is 0 Å². The molecular formula is C15H17NO3. The van der Waals surface area contributed by atoms with Crippen LogP contribution in [0.2, 0.25) is 0 Å². The van der Waals surface area contributed by atoms with Crippen LogP contribution >= 0.6 is 0 Å². The number of para-hydroxylation sites is 1. The average molecular weight is 259 g/mol. The van der Waals surface area contributed by atoms with E-state index in [0.29, 0.717) is 17.2 Å². The lowest BCUT2D eigenvalue weighted by molar-refractivity contribution is 0.208. The number of ether oxygens (including phenoxy) is 3. The first-order chi connectivity index (χ1) is 9.24. The molecule has 2 aromatic rings. The van der Waals surface area contributed by atoms with E-state index in [1.54, 1.807) is 20.3 Å². The molecule has 0 heterocycles. The topological polar surface area (TPSA) is 53.7 Å². The van der Waals surface area contributed by atoms with Gasteiger partial charge in [-0.25, -0.2) is 0 Å². The number of rotatable bonds is 5. The van der Waals surface area contributed by atoms with E-state index in [1.165, 1.54) is 0 Å². The van der Waals surface area contributed by atoms with Crippen LogP contribution in [-0.4, -0.2) is 14.2 Å². The van der Waals surface area contributed by atoms with Gasteiger partial charge in [-0.2, -0.15) is 0 Å². The van der Waals surface area contributed by atoms with Gasteiger partial charge in [0, 0.05) is 11.6 Å². The zero-order valence-electron chi connectivity index (χ0n) is 11.0. The molecule has 0 fully saturated rings. The Hall–Kier alpha value is -2.20. The lowest BCUT2D eigenvalue weighted by atomic mass is 10.1. The Labute approximate surface area is 112 Å². The highest BCUT2D eigenvalue weighted by Crippen LogP contribution is 2.29. The maximum Gasteiger partial charge on any atom is 0.177 e. The molecule has 0 radical (unpaired) electrons. The standard InChI is InChI=1S/C15H17NO3/c1-17-12-8-9-13(14(10-12)18-2)15(16)19-11-6-4-3-5-7-11/h3-10,15H,16H2,1-2H3. The highest BCUT2D eigenvalue weighted by Gasteiger charge is 2.14. The second-order valence-corrected chi connectivity index (χ2v) is 3.96.